The highest BCUT2D eigenvalue weighted by Gasteiger charge is 2.15. The van der Waals surface area contributed by atoms with Crippen molar-refractivity contribution >= 4 is 27.8 Å². The largest absolute Gasteiger partial charge is 0.444 e. The van der Waals surface area contributed by atoms with Crippen molar-refractivity contribution < 1.29 is 14.3 Å². The first-order valence-corrected chi connectivity index (χ1v) is 7.19. The standard InChI is InChI=1S/C14H19BrN2O3/c1-14(2,3)20-13(19)16-8-4-5-11(18)10-6-7-12(15)17-9-10/h6-7,9H,4-5,8H2,1-3H3,(H,16,19). The fourth-order valence-electron chi connectivity index (χ4n) is 1.44. The summed E-state index contributed by atoms with van der Waals surface area (Å²) in [6.45, 7) is 5.81. The predicted octanol–water partition coefficient (Wildman–Crippen LogP) is 3.33. The Kier molecular flexibility index (Phi) is 6.13. The third kappa shape index (κ3) is 6.65. The molecule has 0 aliphatic heterocycles. The summed E-state index contributed by atoms with van der Waals surface area (Å²) in [5.74, 6) is 0.0102. The Morgan fingerprint density at radius 3 is 2.60 bits per heavy atom. The highest BCUT2D eigenvalue weighted by atomic mass is 79.9. The first kappa shape index (κ1) is 16.6. The van der Waals surface area contributed by atoms with Crippen molar-refractivity contribution in [3.05, 3.63) is 28.5 Å². The lowest BCUT2D eigenvalue weighted by Gasteiger charge is -2.19. The molecule has 0 aliphatic rings. The van der Waals surface area contributed by atoms with Gasteiger partial charge in [-0.1, -0.05) is 0 Å². The highest BCUT2D eigenvalue weighted by Crippen LogP contribution is 2.09. The van der Waals surface area contributed by atoms with E-state index < -0.39 is 11.7 Å². The fourth-order valence-corrected chi connectivity index (χ4v) is 1.67. The summed E-state index contributed by atoms with van der Waals surface area (Å²) in [5.41, 5.74) is 0.0636. The Morgan fingerprint density at radius 2 is 2.05 bits per heavy atom. The van der Waals surface area contributed by atoms with Crippen molar-refractivity contribution in [2.24, 2.45) is 0 Å². The molecule has 1 aromatic rings. The number of alkyl carbamates (subject to hydrolysis) is 1. The Balaban J connectivity index is 2.26. The number of hydrogen-bond donors (Lipinski definition) is 1. The van der Waals surface area contributed by atoms with Crippen LogP contribution in [0.2, 0.25) is 0 Å². The maximum absolute atomic E-state index is 11.8. The lowest BCUT2D eigenvalue weighted by molar-refractivity contribution is 0.0525. The summed E-state index contributed by atoms with van der Waals surface area (Å²) < 4.78 is 5.79. The van der Waals surface area contributed by atoms with Crippen LogP contribution in [0.4, 0.5) is 4.79 Å². The van der Waals surface area contributed by atoms with Crippen molar-refractivity contribution in [1.82, 2.24) is 10.3 Å². The molecule has 0 radical (unpaired) electrons. The van der Waals surface area contributed by atoms with Gasteiger partial charge in [-0.15, -0.1) is 0 Å². The molecule has 110 valence electrons. The molecule has 1 rings (SSSR count). The van der Waals surface area contributed by atoms with Crippen LogP contribution in [0.5, 0.6) is 0 Å². The topological polar surface area (TPSA) is 68.3 Å². The summed E-state index contributed by atoms with van der Waals surface area (Å²) in [6.07, 6.45) is 2.00. The van der Waals surface area contributed by atoms with Crippen LogP contribution < -0.4 is 5.32 Å². The molecule has 0 aromatic carbocycles. The Hall–Kier alpha value is -1.43. The molecule has 0 bridgehead atoms. The van der Waals surface area contributed by atoms with E-state index in [0.717, 1.165) is 0 Å². The monoisotopic (exact) mass is 342 g/mol. The average molecular weight is 343 g/mol. The van der Waals surface area contributed by atoms with Gasteiger partial charge in [0.1, 0.15) is 10.2 Å². The van der Waals surface area contributed by atoms with E-state index in [1.165, 1.54) is 6.20 Å². The Bertz CT molecular complexity index is 466. The third-order valence-corrected chi connectivity index (χ3v) is 2.77. The van der Waals surface area contributed by atoms with Gasteiger partial charge in [0.15, 0.2) is 5.78 Å². The molecule has 0 saturated carbocycles. The summed E-state index contributed by atoms with van der Waals surface area (Å²) in [5, 5.41) is 2.62. The van der Waals surface area contributed by atoms with E-state index >= 15 is 0 Å². The number of nitrogens with zero attached hydrogens (tertiary/aromatic N) is 1. The molecule has 1 heterocycles. The van der Waals surface area contributed by atoms with Crippen LogP contribution in [0.3, 0.4) is 0 Å². The van der Waals surface area contributed by atoms with Crippen LogP contribution in [0.15, 0.2) is 22.9 Å². The third-order valence-electron chi connectivity index (χ3n) is 2.30. The molecule has 0 aliphatic carbocycles. The molecule has 1 N–H and O–H groups in total. The van der Waals surface area contributed by atoms with E-state index in [-0.39, 0.29) is 5.78 Å². The highest BCUT2D eigenvalue weighted by molar-refractivity contribution is 9.10. The summed E-state index contributed by atoms with van der Waals surface area (Å²) in [4.78, 5) is 27.2. The van der Waals surface area contributed by atoms with Crippen molar-refractivity contribution in [2.75, 3.05) is 6.54 Å². The number of hydrogen-bond acceptors (Lipinski definition) is 4. The van der Waals surface area contributed by atoms with Crippen molar-refractivity contribution in [1.29, 1.82) is 0 Å². The lowest BCUT2D eigenvalue weighted by atomic mass is 10.1. The van der Waals surface area contributed by atoms with Gasteiger partial charge >= 0.3 is 6.09 Å². The zero-order chi connectivity index (χ0) is 15.2. The number of carbonyl (C=O) groups is 2. The molecule has 0 saturated heterocycles. The SMILES string of the molecule is CC(C)(C)OC(=O)NCCCC(=O)c1ccc(Br)nc1. The minimum atomic E-state index is -0.511. The average Bonchev–Trinajstić information content (AvgIpc) is 2.33. The quantitative estimate of drug-likeness (QED) is 0.506. The number of ether oxygens (including phenoxy) is 1. The van der Waals surface area contributed by atoms with E-state index in [0.29, 0.717) is 29.6 Å². The number of amides is 1. The maximum Gasteiger partial charge on any atom is 0.407 e. The molecular formula is C14H19BrN2O3. The zero-order valence-corrected chi connectivity index (χ0v) is 13.5. The summed E-state index contributed by atoms with van der Waals surface area (Å²) in [7, 11) is 0. The number of carbonyl (C=O) groups excluding carboxylic acids is 2. The van der Waals surface area contributed by atoms with Gasteiger partial charge < -0.3 is 10.1 Å². The van der Waals surface area contributed by atoms with Crippen LogP contribution in [0.25, 0.3) is 0 Å². The number of pyridine rings is 1. The molecule has 0 fully saturated rings. The molecule has 1 aromatic heterocycles. The van der Waals surface area contributed by atoms with Gasteiger partial charge in [0.2, 0.25) is 0 Å². The number of Topliss-reactive ketones (excluding diaryl/α,β-unsaturated/α-hetero) is 1. The summed E-state index contributed by atoms with van der Waals surface area (Å²) in [6, 6.07) is 3.45. The van der Waals surface area contributed by atoms with E-state index in [9.17, 15) is 9.59 Å². The predicted molar refractivity (Wildman–Crippen MR) is 79.7 cm³/mol. The van der Waals surface area contributed by atoms with Crippen LogP contribution in [0, 0.1) is 0 Å². The zero-order valence-electron chi connectivity index (χ0n) is 11.9. The molecule has 5 nitrogen and oxygen atoms in total. The van der Waals surface area contributed by atoms with Gasteiger partial charge in [0.05, 0.1) is 0 Å². The van der Waals surface area contributed by atoms with Crippen LogP contribution in [0.1, 0.15) is 44.0 Å². The molecule has 0 spiro atoms. The van der Waals surface area contributed by atoms with E-state index in [1.807, 2.05) is 0 Å². The molecule has 20 heavy (non-hydrogen) atoms. The number of nitrogens with one attached hydrogen (secondary N) is 1. The number of ketones is 1. The van der Waals surface area contributed by atoms with Gasteiger partial charge in [-0.2, -0.15) is 0 Å². The van der Waals surface area contributed by atoms with Crippen molar-refractivity contribution in [3.8, 4) is 0 Å². The van der Waals surface area contributed by atoms with Crippen LogP contribution >= 0.6 is 15.9 Å². The number of aromatic nitrogens is 1. The molecule has 1 amide bonds. The van der Waals surface area contributed by atoms with E-state index in [2.05, 4.69) is 26.2 Å². The van der Waals surface area contributed by atoms with Gasteiger partial charge in [-0.3, -0.25) is 4.79 Å². The van der Waals surface area contributed by atoms with Crippen LogP contribution in [-0.2, 0) is 4.74 Å². The van der Waals surface area contributed by atoms with Crippen LogP contribution in [-0.4, -0.2) is 29.0 Å². The Morgan fingerprint density at radius 1 is 1.35 bits per heavy atom. The lowest BCUT2D eigenvalue weighted by Crippen LogP contribution is -2.33. The first-order chi connectivity index (χ1) is 9.28. The number of rotatable bonds is 5. The van der Waals surface area contributed by atoms with E-state index in [4.69, 9.17) is 4.74 Å². The van der Waals surface area contributed by atoms with Gasteiger partial charge in [-0.25, -0.2) is 9.78 Å². The second-order valence-electron chi connectivity index (χ2n) is 5.32. The maximum atomic E-state index is 11.8. The molecule has 6 heteroatoms. The van der Waals surface area contributed by atoms with E-state index in [1.54, 1.807) is 32.9 Å². The van der Waals surface area contributed by atoms with Gasteiger partial charge in [0, 0.05) is 24.7 Å². The fraction of sp³-hybridized carbons (Fsp3) is 0.500. The first-order valence-electron chi connectivity index (χ1n) is 6.39. The Labute approximate surface area is 127 Å². The van der Waals surface area contributed by atoms with Gasteiger partial charge in [0.25, 0.3) is 0 Å². The van der Waals surface area contributed by atoms with Gasteiger partial charge in [-0.05, 0) is 55.3 Å². The van der Waals surface area contributed by atoms with Crippen molar-refractivity contribution in [2.45, 2.75) is 39.2 Å². The normalized spacial score (nSPS) is 11.0. The molecule has 0 atom stereocenters. The summed E-state index contributed by atoms with van der Waals surface area (Å²) >= 11 is 3.21. The van der Waals surface area contributed by atoms with Crippen molar-refractivity contribution in [3.63, 3.8) is 0 Å². The second kappa shape index (κ2) is 7.38. The minimum absolute atomic E-state index is 0.0102. The number of halogens is 1. The second-order valence-corrected chi connectivity index (χ2v) is 6.14. The smallest absolute Gasteiger partial charge is 0.407 e. The minimum Gasteiger partial charge on any atom is -0.444 e. The molecular weight excluding hydrogens is 324 g/mol. The molecule has 0 unspecified atom stereocenters.